The lowest BCUT2D eigenvalue weighted by Gasteiger charge is -2.10. The molecule has 0 unspecified atom stereocenters. The predicted octanol–water partition coefficient (Wildman–Crippen LogP) is 4.27. The van der Waals surface area contributed by atoms with Gasteiger partial charge < -0.3 is 4.74 Å². The molecular formula is C14H11ClFNO3. The Hall–Kier alpha value is -2.14. The van der Waals surface area contributed by atoms with E-state index in [4.69, 9.17) is 16.3 Å². The molecule has 104 valence electrons. The first-order valence-electron chi connectivity index (χ1n) is 5.80. The first-order valence-corrected chi connectivity index (χ1v) is 6.18. The fraction of sp³-hybridized carbons (Fsp3) is 0.143. The second-order valence-electron chi connectivity index (χ2n) is 4.17. The zero-order valence-electron chi connectivity index (χ0n) is 10.6. The van der Waals surface area contributed by atoms with Crippen LogP contribution in [0.3, 0.4) is 0 Å². The Labute approximate surface area is 119 Å². The van der Waals surface area contributed by atoms with E-state index in [2.05, 4.69) is 0 Å². The van der Waals surface area contributed by atoms with Crippen LogP contribution in [0.4, 0.5) is 10.1 Å². The Kier molecular flexibility index (Phi) is 4.20. The minimum atomic E-state index is -0.544. The van der Waals surface area contributed by atoms with E-state index in [1.807, 2.05) is 0 Å². The van der Waals surface area contributed by atoms with Crippen molar-refractivity contribution in [3.63, 3.8) is 0 Å². The molecule has 4 nitrogen and oxygen atoms in total. The van der Waals surface area contributed by atoms with E-state index in [1.165, 1.54) is 24.3 Å². The van der Waals surface area contributed by atoms with E-state index in [1.54, 1.807) is 19.1 Å². The van der Waals surface area contributed by atoms with Crippen LogP contribution in [0.5, 0.6) is 5.75 Å². The highest BCUT2D eigenvalue weighted by molar-refractivity contribution is 6.31. The molecule has 0 aliphatic rings. The summed E-state index contributed by atoms with van der Waals surface area (Å²) in [7, 11) is 0. The molecule has 0 fully saturated rings. The van der Waals surface area contributed by atoms with Gasteiger partial charge in [-0.1, -0.05) is 29.8 Å². The quantitative estimate of drug-likeness (QED) is 0.625. The van der Waals surface area contributed by atoms with Gasteiger partial charge in [-0.05, 0) is 24.6 Å². The van der Waals surface area contributed by atoms with Crippen LogP contribution in [-0.2, 0) is 6.61 Å². The molecule has 0 saturated carbocycles. The van der Waals surface area contributed by atoms with Crippen molar-refractivity contribution >= 4 is 17.3 Å². The fourth-order valence-electron chi connectivity index (χ4n) is 1.74. The Bertz CT molecular complexity index is 661. The van der Waals surface area contributed by atoms with Crippen molar-refractivity contribution in [3.8, 4) is 5.75 Å². The molecule has 0 spiro atoms. The van der Waals surface area contributed by atoms with E-state index in [0.29, 0.717) is 5.56 Å². The zero-order valence-corrected chi connectivity index (χ0v) is 11.4. The number of aryl methyl sites for hydroxylation is 1. The molecule has 0 saturated heterocycles. The number of nitro benzene ring substituents is 1. The van der Waals surface area contributed by atoms with Crippen molar-refractivity contribution < 1.29 is 14.1 Å². The first-order chi connectivity index (χ1) is 9.50. The summed E-state index contributed by atoms with van der Waals surface area (Å²) in [6, 6.07) is 9.06. The summed E-state index contributed by atoms with van der Waals surface area (Å²) in [6.07, 6.45) is 0. The first kappa shape index (κ1) is 14.3. The van der Waals surface area contributed by atoms with E-state index in [-0.39, 0.29) is 28.6 Å². The molecule has 0 aliphatic carbocycles. The molecule has 0 aliphatic heterocycles. The van der Waals surface area contributed by atoms with Crippen LogP contribution in [0, 0.1) is 22.9 Å². The van der Waals surface area contributed by atoms with Crippen LogP contribution >= 0.6 is 11.6 Å². The largest absolute Gasteiger partial charge is 0.485 e. The van der Waals surface area contributed by atoms with E-state index >= 15 is 0 Å². The summed E-state index contributed by atoms with van der Waals surface area (Å²) in [5, 5.41) is 11.1. The van der Waals surface area contributed by atoms with Crippen LogP contribution < -0.4 is 4.74 Å². The summed E-state index contributed by atoms with van der Waals surface area (Å²) >= 11 is 5.93. The summed E-state index contributed by atoms with van der Waals surface area (Å²) in [4.78, 5) is 10.4. The smallest absolute Gasteiger partial charge is 0.277 e. The summed E-state index contributed by atoms with van der Waals surface area (Å²) in [5.74, 6) is -0.443. The number of nitrogens with zero attached hydrogens (tertiary/aromatic N) is 1. The number of ether oxygens (including phenoxy) is 1. The van der Waals surface area contributed by atoms with Crippen molar-refractivity contribution in [2.75, 3.05) is 0 Å². The number of rotatable bonds is 4. The molecule has 20 heavy (non-hydrogen) atoms. The molecule has 0 atom stereocenters. The van der Waals surface area contributed by atoms with Crippen molar-refractivity contribution in [3.05, 3.63) is 68.5 Å². The molecule has 0 amide bonds. The number of hydrogen-bond acceptors (Lipinski definition) is 3. The second kappa shape index (κ2) is 5.88. The third kappa shape index (κ3) is 2.88. The average molecular weight is 296 g/mol. The summed E-state index contributed by atoms with van der Waals surface area (Å²) < 4.78 is 19.1. The molecule has 0 N–H and O–H groups in total. The average Bonchev–Trinajstić information content (AvgIpc) is 2.41. The maximum Gasteiger partial charge on any atom is 0.277 e. The third-order valence-corrected chi connectivity index (χ3v) is 3.17. The van der Waals surface area contributed by atoms with Crippen molar-refractivity contribution in [1.82, 2.24) is 0 Å². The van der Waals surface area contributed by atoms with Gasteiger partial charge in [0.25, 0.3) is 5.69 Å². The lowest BCUT2D eigenvalue weighted by atomic mass is 10.2. The lowest BCUT2D eigenvalue weighted by molar-refractivity contribution is -0.385. The van der Waals surface area contributed by atoms with Gasteiger partial charge in [-0.2, -0.15) is 0 Å². The van der Waals surface area contributed by atoms with Crippen LogP contribution in [0.2, 0.25) is 5.02 Å². The maximum absolute atomic E-state index is 13.8. The molecule has 0 aromatic heterocycles. The van der Waals surface area contributed by atoms with Gasteiger partial charge in [0, 0.05) is 6.07 Å². The number of halogens is 2. The molecule has 2 aromatic rings. The minimum absolute atomic E-state index is 0.0409. The summed E-state index contributed by atoms with van der Waals surface area (Å²) in [6.45, 7) is 1.44. The molecule has 0 heterocycles. The zero-order chi connectivity index (χ0) is 14.7. The van der Waals surface area contributed by atoms with Crippen LogP contribution in [-0.4, -0.2) is 4.92 Å². The molecule has 2 aromatic carbocycles. The Morgan fingerprint density at radius 3 is 2.70 bits per heavy atom. The van der Waals surface area contributed by atoms with Crippen LogP contribution in [0.1, 0.15) is 11.1 Å². The highest BCUT2D eigenvalue weighted by Gasteiger charge is 2.17. The number of nitro groups is 1. The van der Waals surface area contributed by atoms with Gasteiger partial charge in [0.1, 0.15) is 6.61 Å². The minimum Gasteiger partial charge on any atom is -0.485 e. The monoisotopic (exact) mass is 295 g/mol. The molecule has 0 bridgehead atoms. The standard InChI is InChI=1S/C14H11ClFNO3/c1-9-4-2-7-13(14(9)16)20-8-10-11(15)5-3-6-12(10)17(18)19/h2-7H,8H2,1H3. The number of hydrogen-bond donors (Lipinski definition) is 0. The van der Waals surface area contributed by atoms with Gasteiger partial charge in [0.05, 0.1) is 15.5 Å². The van der Waals surface area contributed by atoms with Crippen molar-refractivity contribution in [1.29, 1.82) is 0 Å². The van der Waals surface area contributed by atoms with Crippen molar-refractivity contribution in [2.24, 2.45) is 0 Å². The lowest BCUT2D eigenvalue weighted by Crippen LogP contribution is -2.03. The van der Waals surface area contributed by atoms with Gasteiger partial charge in [0.2, 0.25) is 0 Å². The van der Waals surface area contributed by atoms with Crippen molar-refractivity contribution in [2.45, 2.75) is 13.5 Å². The van der Waals surface area contributed by atoms with Gasteiger partial charge in [-0.25, -0.2) is 4.39 Å². The maximum atomic E-state index is 13.8. The fourth-order valence-corrected chi connectivity index (χ4v) is 1.97. The predicted molar refractivity (Wildman–Crippen MR) is 73.6 cm³/mol. The molecular weight excluding hydrogens is 285 g/mol. The highest BCUT2D eigenvalue weighted by Crippen LogP contribution is 2.28. The van der Waals surface area contributed by atoms with Crippen LogP contribution in [0.15, 0.2) is 36.4 Å². The molecule has 6 heteroatoms. The van der Waals surface area contributed by atoms with Crippen LogP contribution in [0.25, 0.3) is 0 Å². The van der Waals surface area contributed by atoms with Gasteiger partial charge in [-0.3, -0.25) is 10.1 Å². The molecule has 2 rings (SSSR count). The van der Waals surface area contributed by atoms with Gasteiger partial charge in [-0.15, -0.1) is 0 Å². The van der Waals surface area contributed by atoms with E-state index in [0.717, 1.165) is 0 Å². The van der Waals surface area contributed by atoms with Gasteiger partial charge in [0.15, 0.2) is 11.6 Å². The molecule has 0 radical (unpaired) electrons. The van der Waals surface area contributed by atoms with Gasteiger partial charge >= 0.3 is 0 Å². The number of benzene rings is 2. The second-order valence-corrected chi connectivity index (χ2v) is 4.58. The third-order valence-electron chi connectivity index (χ3n) is 2.82. The van der Waals surface area contributed by atoms with E-state index in [9.17, 15) is 14.5 Å². The highest BCUT2D eigenvalue weighted by atomic mass is 35.5. The topological polar surface area (TPSA) is 52.4 Å². The SMILES string of the molecule is Cc1cccc(OCc2c(Cl)cccc2[N+](=O)[O-])c1F. The Morgan fingerprint density at radius 1 is 1.30 bits per heavy atom. The van der Waals surface area contributed by atoms with E-state index < -0.39 is 10.7 Å². The Balaban J connectivity index is 2.27. The Morgan fingerprint density at radius 2 is 2.00 bits per heavy atom. The summed E-state index contributed by atoms with van der Waals surface area (Å²) in [5.41, 5.74) is 0.516. The normalized spacial score (nSPS) is 10.3.